The fourth-order valence-electron chi connectivity index (χ4n) is 0.157. The van der Waals surface area contributed by atoms with Gasteiger partial charge in [0.25, 0.3) is 0 Å². The van der Waals surface area contributed by atoms with Crippen molar-refractivity contribution < 1.29 is 9.90 Å². The van der Waals surface area contributed by atoms with Gasteiger partial charge in [-0.15, -0.1) is 0 Å². The summed E-state index contributed by atoms with van der Waals surface area (Å²) < 4.78 is 0. The molecule has 0 bridgehead atoms. The molecule has 0 aromatic carbocycles. The van der Waals surface area contributed by atoms with Crippen molar-refractivity contribution in [3.05, 3.63) is 0 Å². The summed E-state index contributed by atoms with van der Waals surface area (Å²) in [6, 6.07) is 0. The number of hydrogen-bond donors (Lipinski definition) is 1. The van der Waals surface area contributed by atoms with Gasteiger partial charge in [0.05, 0.1) is 0 Å². The lowest BCUT2D eigenvalue weighted by molar-refractivity contribution is -0.117. The largest absolute Gasteiger partial charge is 0.396 e. The highest BCUT2D eigenvalue weighted by molar-refractivity contribution is 5.75. The maximum absolute atomic E-state index is 9.88. The lowest BCUT2D eigenvalue weighted by Crippen LogP contribution is -1.92. The number of carbonyl (C=O) groups excluding carboxylic acids is 1. The molecule has 0 fully saturated rings. The maximum atomic E-state index is 9.88. The molecule has 0 saturated heterocycles. The van der Waals surface area contributed by atoms with E-state index in [0.717, 1.165) is 0 Å². The molecule has 2 heteroatoms. The zero-order chi connectivity index (χ0) is 4.99. The summed E-state index contributed by atoms with van der Waals surface area (Å²) in [4.78, 5) is 9.88. The molecule has 2 nitrogen and oxygen atoms in total. The van der Waals surface area contributed by atoms with Crippen molar-refractivity contribution in [2.24, 2.45) is 0 Å². The molecule has 44 valence electrons. The molecule has 0 spiro atoms. The number of rotatable bonds is 2. The van der Waals surface area contributed by atoms with E-state index in [-0.39, 0.29) is 19.8 Å². The summed E-state index contributed by atoms with van der Waals surface area (Å²) in [7, 11) is 0. The fraction of sp³-hybridized carbons (Fsp3) is 0.800. The van der Waals surface area contributed by atoms with Crippen LogP contribution in [0.3, 0.4) is 0 Å². The zero-order valence-corrected chi connectivity index (χ0v) is 3.77. The number of Topliss-reactive ketones (excluding diaryl/α,β-unsaturated/α-hetero) is 1. The summed E-state index contributed by atoms with van der Waals surface area (Å²) in [5.74, 6) is 0.0394. The first kappa shape index (κ1) is 9.80. The summed E-state index contributed by atoms with van der Waals surface area (Å²) in [6.07, 6.45) is 0.292. The number of ketones is 1. The zero-order valence-electron chi connectivity index (χ0n) is 3.77. The number of hydrogen-bond acceptors (Lipinski definition) is 2. The van der Waals surface area contributed by atoms with E-state index in [2.05, 4.69) is 0 Å². The van der Waals surface area contributed by atoms with Gasteiger partial charge < -0.3 is 5.11 Å². The lowest BCUT2D eigenvalue weighted by atomic mass is 10.3. The molecule has 0 saturated carbocycles. The van der Waals surface area contributed by atoms with Crippen LogP contribution in [0.5, 0.6) is 0 Å². The lowest BCUT2D eigenvalue weighted by Gasteiger charge is -1.80. The van der Waals surface area contributed by atoms with Crippen LogP contribution in [-0.4, -0.2) is 17.5 Å². The molecule has 1 N–H and O–H groups in total. The third kappa shape index (κ3) is 10.7. The Morgan fingerprint density at radius 1 is 1.71 bits per heavy atom. The predicted octanol–water partition coefficient (Wildman–Crippen LogP) is 0.594. The third-order valence-electron chi connectivity index (χ3n) is 0.464. The van der Waals surface area contributed by atoms with Gasteiger partial charge in [-0.25, -0.2) is 0 Å². The van der Waals surface area contributed by atoms with Gasteiger partial charge >= 0.3 is 0 Å². The Hall–Kier alpha value is -0.370. The Morgan fingerprint density at radius 3 is 2.14 bits per heavy atom. The van der Waals surface area contributed by atoms with Crippen LogP contribution in [0.25, 0.3) is 0 Å². The molecule has 7 heavy (non-hydrogen) atoms. The van der Waals surface area contributed by atoms with Gasteiger partial charge in [0.2, 0.25) is 0 Å². The van der Waals surface area contributed by atoms with Crippen LogP contribution in [0.1, 0.15) is 20.8 Å². The topological polar surface area (TPSA) is 37.3 Å². The Bertz CT molecular complexity index is 50.0. The van der Waals surface area contributed by atoms with Crippen molar-refractivity contribution in [3.8, 4) is 0 Å². The second-order valence-corrected chi connectivity index (χ2v) is 1.18. The van der Waals surface area contributed by atoms with E-state index in [9.17, 15) is 4.79 Å². The van der Waals surface area contributed by atoms with E-state index in [0.29, 0.717) is 6.42 Å². The summed E-state index contributed by atoms with van der Waals surface area (Å²) in [6.45, 7) is 1.44. The van der Waals surface area contributed by atoms with Crippen LogP contribution >= 0.6 is 0 Å². The van der Waals surface area contributed by atoms with E-state index in [1.807, 2.05) is 0 Å². The summed E-state index contributed by atoms with van der Waals surface area (Å²) in [5, 5.41) is 8.02. The minimum Gasteiger partial charge on any atom is -0.396 e. The Kier molecular flexibility index (Phi) is 7.88. The van der Waals surface area contributed by atoms with Gasteiger partial charge in [0.1, 0.15) is 5.78 Å². The van der Waals surface area contributed by atoms with Crippen molar-refractivity contribution >= 4 is 5.78 Å². The molecular formula is C5H12O2. The normalized spacial score (nSPS) is 7.14. The van der Waals surface area contributed by atoms with E-state index in [1.165, 1.54) is 6.92 Å². The van der Waals surface area contributed by atoms with Gasteiger partial charge in [-0.3, -0.25) is 4.79 Å². The van der Waals surface area contributed by atoms with Gasteiger partial charge in [0.15, 0.2) is 0 Å². The number of carbonyl (C=O) groups is 1. The van der Waals surface area contributed by atoms with Crippen LogP contribution in [0.4, 0.5) is 0 Å². The second kappa shape index (κ2) is 5.63. The fourth-order valence-corrected chi connectivity index (χ4v) is 0.157. The number of aliphatic hydroxyl groups excluding tert-OH is 1. The van der Waals surface area contributed by atoms with Gasteiger partial charge in [-0.05, 0) is 6.92 Å². The molecule has 0 amide bonds. The summed E-state index contributed by atoms with van der Waals surface area (Å²) in [5.41, 5.74) is 0. The molecule has 0 aromatic rings. The van der Waals surface area contributed by atoms with Crippen LogP contribution in [0.2, 0.25) is 0 Å². The molecular weight excluding hydrogens is 92.1 g/mol. The van der Waals surface area contributed by atoms with Crippen LogP contribution < -0.4 is 0 Å². The minimum atomic E-state index is -0.0185. The quantitative estimate of drug-likeness (QED) is 0.556. The molecule has 0 aromatic heterocycles. The molecule has 0 atom stereocenters. The van der Waals surface area contributed by atoms with Crippen molar-refractivity contribution in [2.75, 3.05) is 6.61 Å². The second-order valence-electron chi connectivity index (χ2n) is 1.18. The third-order valence-corrected chi connectivity index (χ3v) is 0.464. The van der Waals surface area contributed by atoms with E-state index in [1.54, 1.807) is 0 Å². The molecule has 0 unspecified atom stereocenters. The Labute approximate surface area is 44.2 Å². The Balaban J connectivity index is 0. The first-order valence-electron chi connectivity index (χ1n) is 1.87. The van der Waals surface area contributed by atoms with E-state index in [4.69, 9.17) is 5.11 Å². The van der Waals surface area contributed by atoms with Crippen molar-refractivity contribution in [1.82, 2.24) is 0 Å². The summed E-state index contributed by atoms with van der Waals surface area (Å²) >= 11 is 0. The first-order chi connectivity index (χ1) is 2.77. The highest BCUT2D eigenvalue weighted by Gasteiger charge is 1.84. The molecule has 0 radical (unpaired) electrons. The van der Waals surface area contributed by atoms with E-state index >= 15 is 0 Å². The molecule has 0 heterocycles. The molecule has 0 aliphatic carbocycles. The highest BCUT2D eigenvalue weighted by Crippen LogP contribution is 1.74. The predicted molar refractivity (Wildman–Crippen MR) is 29.1 cm³/mol. The number of aliphatic hydroxyl groups is 1. The first-order valence-corrected chi connectivity index (χ1v) is 1.87. The SMILES string of the molecule is C.CC(=O)CCO. The van der Waals surface area contributed by atoms with Gasteiger partial charge in [0, 0.05) is 13.0 Å². The van der Waals surface area contributed by atoms with Crippen LogP contribution in [0, 0.1) is 0 Å². The molecule has 0 aliphatic rings. The average molecular weight is 104 g/mol. The Morgan fingerprint density at radius 2 is 2.14 bits per heavy atom. The van der Waals surface area contributed by atoms with E-state index < -0.39 is 0 Å². The highest BCUT2D eigenvalue weighted by atomic mass is 16.3. The van der Waals surface area contributed by atoms with Crippen LogP contribution in [0.15, 0.2) is 0 Å². The monoisotopic (exact) mass is 104 g/mol. The minimum absolute atomic E-state index is 0. The van der Waals surface area contributed by atoms with Gasteiger partial charge in [-0.1, -0.05) is 7.43 Å². The molecule has 0 rings (SSSR count). The van der Waals surface area contributed by atoms with Crippen molar-refractivity contribution in [3.63, 3.8) is 0 Å². The molecule has 0 aliphatic heterocycles. The maximum Gasteiger partial charge on any atom is 0.132 e. The van der Waals surface area contributed by atoms with Gasteiger partial charge in [-0.2, -0.15) is 0 Å². The van der Waals surface area contributed by atoms with Crippen molar-refractivity contribution in [2.45, 2.75) is 20.8 Å². The standard InChI is InChI=1S/C4H8O2.CH4/c1-4(6)2-3-5;/h5H,2-3H2,1H3;1H4. The van der Waals surface area contributed by atoms with Crippen LogP contribution in [-0.2, 0) is 4.79 Å². The average Bonchev–Trinajstić information content (AvgIpc) is 1.35. The van der Waals surface area contributed by atoms with Crippen molar-refractivity contribution in [1.29, 1.82) is 0 Å². The smallest absolute Gasteiger partial charge is 0.132 e.